The van der Waals surface area contributed by atoms with Gasteiger partial charge in [-0.05, 0) is 55.7 Å². The molecule has 0 spiro atoms. The second-order valence-corrected chi connectivity index (χ2v) is 11.0. The lowest BCUT2D eigenvalue weighted by Crippen LogP contribution is -2.21. The van der Waals surface area contributed by atoms with E-state index in [9.17, 15) is 35.9 Å². The van der Waals surface area contributed by atoms with E-state index >= 15 is 0 Å². The molecule has 0 radical (unpaired) electrons. The van der Waals surface area contributed by atoms with Crippen molar-refractivity contribution in [3.05, 3.63) is 95.3 Å². The summed E-state index contributed by atoms with van der Waals surface area (Å²) >= 11 is 0. The lowest BCUT2D eigenvalue weighted by molar-refractivity contribution is -0.275. The van der Waals surface area contributed by atoms with Crippen LogP contribution in [0.25, 0.3) is 0 Å². The van der Waals surface area contributed by atoms with Crippen LogP contribution >= 0.6 is 0 Å². The Bertz CT molecular complexity index is 1590. The lowest BCUT2D eigenvalue weighted by Gasteiger charge is -2.28. The first-order chi connectivity index (χ1) is 22.8. The SMILES string of the molecule is O=C(Cc1ccccc1OC(F)(F)F)Nc1ccc([C@H]2CCC[C@H](c3ccc(NC(=O)Cc4ccccc4OC(F)(F)F)nn3)C2)nn1. The summed E-state index contributed by atoms with van der Waals surface area (Å²) in [4.78, 5) is 25.0. The Balaban J connectivity index is 1.14. The highest BCUT2D eigenvalue weighted by Crippen LogP contribution is 2.40. The summed E-state index contributed by atoms with van der Waals surface area (Å²) in [6.07, 6.45) is -7.28. The Kier molecular flexibility index (Phi) is 10.4. The van der Waals surface area contributed by atoms with Gasteiger partial charge < -0.3 is 20.1 Å². The summed E-state index contributed by atoms with van der Waals surface area (Å²) < 4.78 is 84.2. The molecule has 0 bridgehead atoms. The van der Waals surface area contributed by atoms with Crippen LogP contribution in [-0.4, -0.2) is 44.9 Å². The van der Waals surface area contributed by atoms with Gasteiger partial charge >= 0.3 is 12.7 Å². The number of ether oxygens (including phenoxy) is 2. The Morgan fingerprint density at radius 3 is 1.42 bits per heavy atom. The fraction of sp³-hybridized carbons (Fsp3) is 0.312. The van der Waals surface area contributed by atoms with Crippen LogP contribution in [0.4, 0.5) is 38.0 Å². The second kappa shape index (κ2) is 14.6. The zero-order chi connectivity index (χ0) is 34.3. The normalized spacial score (nSPS) is 16.5. The van der Waals surface area contributed by atoms with Crippen LogP contribution in [0.1, 0.15) is 60.0 Å². The first-order valence-corrected chi connectivity index (χ1v) is 14.8. The van der Waals surface area contributed by atoms with Gasteiger partial charge in [0.25, 0.3) is 0 Å². The number of halogens is 6. The maximum absolute atomic E-state index is 12.7. The van der Waals surface area contributed by atoms with Crippen molar-refractivity contribution >= 4 is 23.5 Å². The number of amides is 2. The van der Waals surface area contributed by atoms with Gasteiger partial charge in [-0.15, -0.1) is 36.5 Å². The standard InChI is InChI=1S/C32H28F6N6O4/c33-31(34,35)47-25-10-3-1-6-21(25)17-29(45)39-27-14-12-23(41-43-27)19-8-5-9-20(16-19)24-13-15-28(44-42-24)40-30(46)18-22-7-2-4-11-26(22)48-32(36,37)38/h1-4,6-7,10-15,19-20H,5,8-9,16-18H2,(H,39,43,45)(H,40,44,46)/t19-,20-/m0/s1. The molecule has 1 fully saturated rings. The van der Waals surface area contributed by atoms with E-state index in [1.807, 2.05) is 0 Å². The molecular formula is C32H28F6N6O4. The minimum atomic E-state index is -4.89. The van der Waals surface area contributed by atoms with Crippen LogP contribution < -0.4 is 20.1 Å². The van der Waals surface area contributed by atoms with Gasteiger partial charge in [-0.25, -0.2) is 0 Å². The summed E-state index contributed by atoms with van der Waals surface area (Å²) in [6, 6.07) is 17.4. The molecule has 2 atom stereocenters. The monoisotopic (exact) mass is 674 g/mol. The molecule has 10 nitrogen and oxygen atoms in total. The topological polar surface area (TPSA) is 128 Å². The van der Waals surface area contributed by atoms with Gasteiger partial charge in [0.15, 0.2) is 11.6 Å². The number of alkyl halides is 6. The third-order valence-electron chi connectivity index (χ3n) is 7.51. The first-order valence-electron chi connectivity index (χ1n) is 14.8. The van der Waals surface area contributed by atoms with Crippen molar-refractivity contribution in [1.82, 2.24) is 20.4 Å². The quantitative estimate of drug-likeness (QED) is 0.175. The number of rotatable bonds is 10. The van der Waals surface area contributed by atoms with Crippen molar-refractivity contribution < 1.29 is 45.4 Å². The van der Waals surface area contributed by atoms with Crippen LogP contribution in [0, 0.1) is 0 Å². The van der Waals surface area contributed by atoms with Crippen LogP contribution in [-0.2, 0) is 22.4 Å². The zero-order valence-corrected chi connectivity index (χ0v) is 25.0. The Labute approximate surface area is 269 Å². The molecule has 252 valence electrons. The van der Waals surface area contributed by atoms with Gasteiger partial charge in [0.05, 0.1) is 24.2 Å². The fourth-order valence-electron chi connectivity index (χ4n) is 5.45. The van der Waals surface area contributed by atoms with Crippen LogP contribution in [0.3, 0.4) is 0 Å². The first kappa shape index (κ1) is 34.1. The van der Waals surface area contributed by atoms with Crippen molar-refractivity contribution in [2.45, 2.75) is 63.1 Å². The van der Waals surface area contributed by atoms with E-state index in [0.29, 0.717) is 17.8 Å². The largest absolute Gasteiger partial charge is 0.573 e. The molecule has 1 aliphatic rings. The molecule has 0 unspecified atom stereocenters. The van der Waals surface area contributed by atoms with E-state index in [2.05, 4.69) is 40.5 Å². The van der Waals surface area contributed by atoms with Crippen molar-refractivity contribution in [1.29, 1.82) is 0 Å². The minimum Gasteiger partial charge on any atom is -0.405 e. The molecule has 2 amide bonds. The average Bonchev–Trinajstić information content (AvgIpc) is 3.02. The maximum Gasteiger partial charge on any atom is 0.573 e. The van der Waals surface area contributed by atoms with Gasteiger partial charge in [-0.1, -0.05) is 42.8 Å². The smallest absolute Gasteiger partial charge is 0.405 e. The van der Waals surface area contributed by atoms with Crippen molar-refractivity contribution in [2.75, 3.05) is 10.6 Å². The van der Waals surface area contributed by atoms with Crippen LogP contribution in [0.15, 0.2) is 72.8 Å². The average molecular weight is 675 g/mol. The fourth-order valence-corrected chi connectivity index (χ4v) is 5.45. The highest BCUT2D eigenvalue weighted by Gasteiger charge is 2.33. The van der Waals surface area contributed by atoms with Gasteiger partial charge in [-0.3, -0.25) is 9.59 Å². The molecule has 0 saturated heterocycles. The van der Waals surface area contributed by atoms with E-state index in [1.54, 1.807) is 24.3 Å². The summed E-state index contributed by atoms with van der Waals surface area (Å²) in [5, 5.41) is 21.8. The van der Waals surface area contributed by atoms with Gasteiger partial charge in [0, 0.05) is 23.0 Å². The molecule has 16 heteroatoms. The van der Waals surface area contributed by atoms with E-state index < -0.39 is 36.0 Å². The van der Waals surface area contributed by atoms with Crippen molar-refractivity contribution in [3.8, 4) is 11.5 Å². The predicted octanol–water partition coefficient (Wildman–Crippen LogP) is 6.87. The maximum atomic E-state index is 12.7. The number of nitrogens with zero attached hydrogens (tertiary/aromatic N) is 4. The summed E-state index contributed by atoms with van der Waals surface area (Å²) in [7, 11) is 0. The number of para-hydroxylation sites is 2. The van der Waals surface area contributed by atoms with Crippen LogP contribution in [0.5, 0.6) is 11.5 Å². The molecule has 48 heavy (non-hydrogen) atoms. The van der Waals surface area contributed by atoms with Crippen molar-refractivity contribution in [2.24, 2.45) is 0 Å². The molecule has 0 aliphatic heterocycles. The second-order valence-electron chi connectivity index (χ2n) is 11.0. The number of hydrogen-bond donors (Lipinski definition) is 2. The summed E-state index contributed by atoms with van der Waals surface area (Å²) in [5.74, 6) is -1.75. The molecule has 4 aromatic rings. The molecule has 2 aromatic carbocycles. The molecule has 2 aromatic heterocycles. The predicted molar refractivity (Wildman–Crippen MR) is 159 cm³/mol. The highest BCUT2D eigenvalue weighted by molar-refractivity contribution is 5.92. The van der Waals surface area contributed by atoms with E-state index in [4.69, 9.17) is 0 Å². The van der Waals surface area contributed by atoms with Gasteiger partial charge in [-0.2, -0.15) is 10.2 Å². The molecule has 5 rings (SSSR count). The van der Waals surface area contributed by atoms with Crippen molar-refractivity contribution in [3.63, 3.8) is 0 Å². The number of carbonyl (C=O) groups is 2. The summed E-state index contributed by atoms with van der Waals surface area (Å²) in [6.45, 7) is 0. The Morgan fingerprint density at radius 1 is 0.625 bits per heavy atom. The van der Waals surface area contributed by atoms with Gasteiger partial charge in [0.2, 0.25) is 11.8 Å². The summed E-state index contributed by atoms with van der Waals surface area (Å²) in [5.41, 5.74) is 1.52. The number of carbonyl (C=O) groups excluding carboxylic acids is 2. The highest BCUT2D eigenvalue weighted by atomic mass is 19.4. The third kappa shape index (κ3) is 9.86. The lowest BCUT2D eigenvalue weighted by atomic mass is 9.78. The number of anilines is 2. The van der Waals surface area contributed by atoms with E-state index in [1.165, 1.54) is 36.4 Å². The van der Waals surface area contributed by atoms with E-state index in [0.717, 1.165) is 31.4 Å². The number of aromatic nitrogens is 4. The zero-order valence-electron chi connectivity index (χ0n) is 25.0. The number of hydrogen-bond acceptors (Lipinski definition) is 8. The van der Waals surface area contributed by atoms with Crippen LogP contribution in [0.2, 0.25) is 0 Å². The Morgan fingerprint density at radius 2 is 1.04 bits per heavy atom. The Hall–Kier alpha value is -5.28. The molecular weight excluding hydrogens is 646 g/mol. The van der Waals surface area contributed by atoms with Gasteiger partial charge in [0.1, 0.15) is 11.5 Å². The molecule has 2 heterocycles. The molecule has 1 saturated carbocycles. The third-order valence-corrected chi connectivity index (χ3v) is 7.51. The number of benzene rings is 2. The minimum absolute atomic E-state index is 0.0348. The van der Waals surface area contributed by atoms with E-state index in [-0.39, 0.29) is 47.4 Å². The number of nitrogens with one attached hydrogen (secondary N) is 2. The molecule has 2 N–H and O–H groups in total. The molecule has 1 aliphatic carbocycles.